The number of hydrogen-bond acceptors (Lipinski definition) is 7. The van der Waals surface area contributed by atoms with Gasteiger partial charge in [-0.15, -0.1) is 0 Å². The van der Waals surface area contributed by atoms with Crippen LogP contribution in [0.3, 0.4) is 0 Å². The largest absolute Gasteiger partial charge is 0.497 e. The third kappa shape index (κ3) is 5.43. The number of rotatable bonds is 10. The van der Waals surface area contributed by atoms with Crippen LogP contribution in [0.2, 0.25) is 0 Å². The summed E-state index contributed by atoms with van der Waals surface area (Å²) in [5.74, 6) is 0.0313. The Kier molecular flexibility index (Phi) is 8.37. The second-order valence-corrected chi connectivity index (χ2v) is 11.4. The molecule has 37 heavy (non-hydrogen) atoms. The van der Waals surface area contributed by atoms with Gasteiger partial charge in [-0.25, -0.2) is 0 Å². The van der Waals surface area contributed by atoms with E-state index in [-0.39, 0.29) is 13.0 Å². The Morgan fingerprint density at radius 3 is 1.84 bits per heavy atom. The average molecular weight is 522 g/mol. The Bertz CT molecular complexity index is 1150. The van der Waals surface area contributed by atoms with E-state index in [9.17, 15) is 9.69 Å². The number of anilines is 2. The molecule has 3 aromatic carbocycles. The summed E-state index contributed by atoms with van der Waals surface area (Å²) in [4.78, 5) is 26.1. The molecule has 0 bridgehead atoms. The minimum atomic E-state index is -3.27. The summed E-state index contributed by atoms with van der Waals surface area (Å²) in [6.07, 6.45) is 0.277. The van der Waals surface area contributed by atoms with Crippen LogP contribution < -0.4 is 18.8 Å². The van der Waals surface area contributed by atoms with Crippen molar-refractivity contribution in [2.24, 2.45) is 5.92 Å². The molecule has 0 spiro atoms. The van der Waals surface area contributed by atoms with Crippen molar-refractivity contribution in [3.63, 3.8) is 0 Å². The molecule has 4 rings (SSSR count). The lowest BCUT2D eigenvalue weighted by Crippen LogP contribution is -2.32. The van der Waals surface area contributed by atoms with Crippen LogP contribution in [-0.4, -0.2) is 44.8 Å². The van der Waals surface area contributed by atoms with E-state index in [1.807, 2.05) is 82.1 Å². The van der Waals surface area contributed by atoms with Crippen molar-refractivity contribution in [2.45, 2.75) is 13.3 Å². The second-order valence-electron chi connectivity index (χ2n) is 8.71. The number of methoxy groups -OCH3 is 2. The van der Waals surface area contributed by atoms with E-state index >= 15 is 0 Å². The van der Waals surface area contributed by atoms with Crippen LogP contribution in [0.5, 0.6) is 11.5 Å². The molecule has 1 N–H and O–H groups in total. The van der Waals surface area contributed by atoms with E-state index in [2.05, 4.69) is 6.58 Å². The normalized spacial score (nSPS) is 15.2. The number of esters is 1. The smallest absolute Gasteiger partial charge is 0.313 e. The summed E-state index contributed by atoms with van der Waals surface area (Å²) < 4.78 is 20.4. The number of carbonyl (C=O) groups is 1. The number of hydrogen-bond donors (Lipinski definition) is 1. The zero-order chi connectivity index (χ0) is 26.4. The van der Waals surface area contributed by atoms with Crippen molar-refractivity contribution in [1.82, 2.24) is 0 Å². The zero-order valence-corrected chi connectivity index (χ0v) is 22.4. The first-order chi connectivity index (χ1) is 17.9. The lowest BCUT2D eigenvalue weighted by Gasteiger charge is -2.45. The molecule has 195 valence electrons. The predicted octanol–water partition coefficient (Wildman–Crippen LogP) is 5.72. The van der Waals surface area contributed by atoms with Crippen LogP contribution in [-0.2, 0) is 16.0 Å². The highest BCUT2D eigenvalue weighted by Gasteiger charge is 2.50. The van der Waals surface area contributed by atoms with Gasteiger partial charge in [0, 0.05) is 35.8 Å². The van der Waals surface area contributed by atoms with Crippen molar-refractivity contribution in [1.29, 1.82) is 0 Å². The third-order valence-electron chi connectivity index (χ3n) is 6.52. The molecule has 0 aliphatic carbocycles. The molecule has 0 saturated carbocycles. The van der Waals surface area contributed by atoms with Gasteiger partial charge in [-0.3, -0.25) is 4.79 Å². The fourth-order valence-electron chi connectivity index (χ4n) is 4.70. The maximum absolute atomic E-state index is 13.4. The average Bonchev–Trinajstić information content (AvgIpc) is 3.30. The van der Waals surface area contributed by atoms with E-state index < -0.39 is 19.7 Å². The molecular formula is C29H34N2O5P. The fraction of sp³-hybridized carbons (Fsp3) is 0.276. The first kappa shape index (κ1) is 26.5. The molecule has 1 aliphatic rings. The van der Waals surface area contributed by atoms with Gasteiger partial charge in [0.1, 0.15) is 11.5 Å². The molecule has 1 saturated heterocycles. The number of ether oxygens (including phenoxy) is 3. The molecule has 1 unspecified atom stereocenters. The maximum Gasteiger partial charge on any atom is 0.313 e. The predicted molar refractivity (Wildman–Crippen MR) is 149 cm³/mol. The van der Waals surface area contributed by atoms with Crippen LogP contribution in [0.1, 0.15) is 12.5 Å². The van der Waals surface area contributed by atoms with Gasteiger partial charge in [0.25, 0.3) is 0 Å². The molecule has 8 heteroatoms. The molecule has 1 aliphatic heterocycles. The fourth-order valence-corrected chi connectivity index (χ4v) is 7.84. The number of para-hydroxylation sites is 2. The van der Waals surface area contributed by atoms with Crippen molar-refractivity contribution < 1.29 is 23.9 Å². The minimum absolute atomic E-state index is 0.228. The number of benzene rings is 3. The van der Waals surface area contributed by atoms with Gasteiger partial charge in [0.2, 0.25) is 0 Å². The maximum atomic E-state index is 13.4. The van der Waals surface area contributed by atoms with Crippen LogP contribution in [0.25, 0.3) is 0 Å². The zero-order valence-electron chi connectivity index (χ0n) is 21.5. The first-order valence-corrected chi connectivity index (χ1v) is 13.9. The third-order valence-corrected chi connectivity index (χ3v) is 9.81. The molecule has 3 aromatic rings. The summed E-state index contributed by atoms with van der Waals surface area (Å²) in [5, 5.41) is 0.443. The highest BCUT2D eigenvalue weighted by atomic mass is 31.2. The highest BCUT2D eigenvalue weighted by molar-refractivity contribution is 7.77. The standard InChI is InChI=1S/C29H34N2O5P/c1-5-36-29(32)28(20-23-18-26(34-3)21-27(19-23)35-4)22(2)37(33)30(24-12-8-6-9-13-24)16-17-31(37)25-14-10-7-11-15-25/h6-15,18-19,21,28,33H,2,5,16-17,20H2,1,3-4H3. The Morgan fingerprint density at radius 2 is 1.41 bits per heavy atom. The van der Waals surface area contributed by atoms with E-state index in [1.54, 1.807) is 27.2 Å². The molecule has 7 nitrogen and oxygen atoms in total. The molecule has 1 heterocycles. The summed E-state index contributed by atoms with van der Waals surface area (Å²) in [5.41, 5.74) is 2.57. The first-order valence-electron chi connectivity index (χ1n) is 12.3. The highest BCUT2D eigenvalue weighted by Crippen LogP contribution is 2.73. The lowest BCUT2D eigenvalue weighted by atomic mass is 9.98. The van der Waals surface area contributed by atoms with E-state index in [1.165, 1.54) is 0 Å². The van der Waals surface area contributed by atoms with Gasteiger partial charge < -0.3 is 28.4 Å². The van der Waals surface area contributed by atoms with Gasteiger partial charge in [-0.1, -0.05) is 43.0 Å². The van der Waals surface area contributed by atoms with E-state index in [0.717, 1.165) is 16.9 Å². The second kappa shape index (κ2) is 11.7. The molecule has 0 aromatic heterocycles. The minimum Gasteiger partial charge on any atom is -0.497 e. The molecule has 1 radical (unpaired) electrons. The molecular weight excluding hydrogens is 487 g/mol. The van der Waals surface area contributed by atoms with Gasteiger partial charge in [0.05, 0.1) is 26.7 Å². The van der Waals surface area contributed by atoms with Crippen LogP contribution >= 0.6 is 7.79 Å². The Morgan fingerprint density at radius 1 is 0.919 bits per heavy atom. The van der Waals surface area contributed by atoms with Gasteiger partial charge in [-0.2, -0.15) is 0 Å². The lowest BCUT2D eigenvalue weighted by molar-refractivity contribution is -0.146. The van der Waals surface area contributed by atoms with Gasteiger partial charge >= 0.3 is 5.97 Å². The summed E-state index contributed by atoms with van der Waals surface area (Å²) >= 11 is 0. The number of nitrogens with zero attached hydrogens (tertiary/aromatic N) is 2. The monoisotopic (exact) mass is 521 g/mol. The topological polar surface area (TPSA) is 71.5 Å². The van der Waals surface area contributed by atoms with E-state index in [4.69, 9.17) is 14.2 Å². The number of carbonyl (C=O) groups excluding carboxylic acids is 1. The van der Waals surface area contributed by atoms with Gasteiger partial charge in [-0.05, 0) is 55.3 Å². The Labute approximate surface area is 219 Å². The van der Waals surface area contributed by atoms with Crippen molar-refractivity contribution in [3.05, 3.63) is 96.3 Å². The molecule has 1 atom stereocenters. The molecule has 1 fully saturated rings. The summed E-state index contributed by atoms with van der Waals surface area (Å²) in [6.45, 7) is 7.58. The van der Waals surface area contributed by atoms with Crippen LogP contribution in [0.4, 0.5) is 11.4 Å². The Hall–Kier alpha value is -3.54. The Balaban J connectivity index is 1.79. The van der Waals surface area contributed by atoms with Crippen molar-refractivity contribution in [2.75, 3.05) is 43.3 Å². The van der Waals surface area contributed by atoms with Crippen molar-refractivity contribution >= 4 is 25.1 Å². The SMILES string of the molecule is C=C(C(Cc1cc(OC)cc(OC)c1)C(=O)OCC)[P]1(O)N(c2ccccc2)CCN1c1ccccc1. The van der Waals surface area contributed by atoms with Crippen LogP contribution in [0, 0.1) is 5.92 Å². The summed E-state index contributed by atoms with van der Waals surface area (Å²) in [7, 11) is -0.103. The van der Waals surface area contributed by atoms with Gasteiger partial charge in [0.15, 0.2) is 7.79 Å². The van der Waals surface area contributed by atoms with E-state index in [0.29, 0.717) is 29.9 Å². The quantitative estimate of drug-likeness (QED) is 0.270. The summed E-state index contributed by atoms with van der Waals surface area (Å²) in [6, 6.07) is 25.1. The molecule has 0 amide bonds. The van der Waals surface area contributed by atoms with Crippen LogP contribution in [0.15, 0.2) is 90.8 Å². The van der Waals surface area contributed by atoms with Crippen molar-refractivity contribution in [3.8, 4) is 11.5 Å².